The van der Waals surface area contributed by atoms with Crippen molar-refractivity contribution >= 4 is 19.9 Å². The molecule has 1 aromatic heterocycles. The summed E-state index contributed by atoms with van der Waals surface area (Å²) in [6, 6.07) is 14.3. The fourth-order valence-electron chi connectivity index (χ4n) is 2.93. The van der Waals surface area contributed by atoms with Gasteiger partial charge in [-0.05, 0) is 54.4 Å². The molecule has 1 heterocycles. The van der Waals surface area contributed by atoms with Crippen LogP contribution < -0.4 is 4.72 Å². The van der Waals surface area contributed by atoms with Gasteiger partial charge in [-0.1, -0.05) is 24.3 Å². The van der Waals surface area contributed by atoms with Crippen molar-refractivity contribution in [3.63, 3.8) is 0 Å². The van der Waals surface area contributed by atoms with Crippen LogP contribution >= 0.6 is 0 Å². The zero-order valence-electron chi connectivity index (χ0n) is 15.5. The highest BCUT2D eigenvalue weighted by molar-refractivity contribution is 7.92. The Kier molecular flexibility index (Phi) is 6.11. The lowest BCUT2D eigenvalue weighted by atomic mass is 10.2. The summed E-state index contributed by atoms with van der Waals surface area (Å²) in [5, 5.41) is -1.19. The molecule has 0 saturated heterocycles. The van der Waals surface area contributed by atoms with E-state index in [4.69, 9.17) is 0 Å². The quantitative estimate of drug-likeness (QED) is 0.617. The Hall–Kier alpha value is -2.62. The normalized spacial score (nSPS) is 13.2. The van der Waals surface area contributed by atoms with Crippen molar-refractivity contribution in [2.45, 2.75) is 22.0 Å². The van der Waals surface area contributed by atoms with Gasteiger partial charge in [0.2, 0.25) is 10.0 Å². The first-order valence-electron chi connectivity index (χ1n) is 8.66. The standard InChI is InChI=1S/C20H19FN2O4S2/c1-15-12-17(21)9-10-19(15)29(26,27)23-14-20(16-6-5-11-22-13-16)28(24,25)18-7-3-2-4-8-18/h2-13,20,23H,14H2,1H3. The predicted molar refractivity (Wildman–Crippen MR) is 107 cm³/mol. The lowest BCUT2D eigenvalue weighted by molar-refractivity contribution is 0.567. The minimum Gasteiger partial charge on any atom is -0.264 e. The van der Waals surface area contributed by atoms with Gasteiger partial charge in [-0.25, -0.2) is 25.9 Å². The molecule has 0 aliphatic rings. The Balaban J connectivity index is 1.96. The Morgan fingerprint density at radius 2 is 1.72 bits per heavy atom. The largest absolute Gasteiger partial charge is 0.264 e. The van der Waals surface area contributed by atoms with E-state index in [9.17, 15) is 21.2 Å². The number of halogens is 1. The lowest BCUT2D eigenvalue weighted by Crippen LogP contribution is -2.32. The van der Waals surface area contributed by atoms with Gasteiger partial charge in [-0.2, -0.15) is 0 Å². The number of hydrogen-bond acceptors (Lipinski definition) is 5. The molecule has 0 aliphatic heterocycles. The molecular weight excluding hydrogens is 415 g/mol. The molecule has 0 aliphatic carbocycles. The van der Waals surface area contributed by atoms with Crippen LogP contribution in [0.15, 0.2) is 82.8 Å². The maximum Gasteiger partial charge on any atom is 0.240 e. The number of nitrogens with zero attached hydrogens (tertiary/aromatic N) is 1. The second-order valence-corrected chi connectivity index (χ2v) is 10.3. The Labute approximate surface area is 169 Å². The number of hydrogen-bond donors (Lipinski definition) is 1. The van der Waals surface area contributed by atoms with Gasteiger partial charge in [0.1, 0.15) is 11.1 Å². The molecular formula is C20H19FN2O4S2. The van der Waals surface area contributed by atoms with Gasteiger partial charge in [0, 0.05) is 18.9 Å². The van der Waals surface area contributed by atoms with Crippen molar-refractivity contribution in [2.24, 2.45) is 0 Å². The van der Waals surface area contributed by atoms with Crippen molar-refractivity contribution in [3.8, 4) is 0 Å². The summed E-state index contributed by atoms with van der Waals surface area (Å²) in [6.07, 6.45) is 2.89. The Bertz CT molecular complexity index is 1200. The summed E-state index contributed by atoms with van der Waals surface area (Å²) in [6.45, 7) is 1.07. The maximum atomic E-state index is 13.3. The summed E-state index contributed by atoms with van der Waals surface area (Å²) in [5.41, 5.74) is 0.580. The third-order valence-corrected chi connectivity index (χ3v) is 8.09. The molecule has 0 bridgehead atoms. The zero-order chi connectivity index (χ0) is 21.1. The molecule has 0 saturated carbocycles. The van der Waals surface area contributed by atoms with Gasteiger partial charge in [-0.3, -0.25) is 4.98 Å². The molecule has 9 heteroatoms. The molecule has 6 nitrogen and oxygen atoms in total. The summed E-state index contributed by atoms with van der Waals surface area (Å²) in [5.74, 6) is -0.554. The number of aryl methyl sites for hydroxylation is 1. The molecule has 0 amide bonds. The third kappa shape index (κ3) is 4.69. The van der Waals surface area contributed by atoms with E-state index in [0.29, 0.717) is 5.56 Å². The Morgan fingerprint density at radius 3 is 2.34 bits per heavy atom. The van der Waals surface area contributed by atoms with Crippen molar-refractivity contribution in [1.29, 1.82) is 0 Å². The number of pyridine rings is 1. The smallest absolute Gasteiger partial charge is 0.240 e. The van der Waals surface area contributed by atoms with Gasteiger partial charge in [0.25, 0.3) is 0 Å². The minimum atomic E-state index is -4.05. The first-order chi connectivity index (χ1) is 13.7. The van der Waals surface area contributed by atoms with Crippen molar-refractivity contribution in [3.05, 3.63) is 90.0 Å². The summed E-state index contributed by atoms with van der Waals surface area (Å²) < 4.78 is 67.5. The minimum absolute atomic E-state index is 0.0750. The van der Waals surface area contributed by atoms with Crippen LogP contribution in [0.25, 0.3) is 0 Å². The van der Waals surface area contributed by atoms with Crippen LogP contribution in [0.4, 0.5) is 4.39 Å². The lowest BCUT2D eigenvalue weighted by Gasteiger charge is -2.19. The van der Waals surface area contributed by atoms with Gasteiger partial charge < -0.3 is 0 Å². The van der Waals surface area contributed by atoms with E-state index in [1.165, 1.54) is 31.5 Å². The van der Waals surface area contributed by atoms with E-state index < -0.39 is 37.5 Å². The van der Waals surface area contributed by atoms with Crippen LogP contribution in [0.1, 0.15) is 16.4 Å². The van der Waals surface area contributed by atoms with Crippen LogP contribution in [0.5, 0.6) is 0 Å². The van der Waals surface area contributed by atoms with E-state index in [-0.39, 0.29) is 15.4 Å². The van der Waals surface area contributed by atoms with Crippen LogP contribution in [0.3, 0.4) is 0 Å². The first-order valence-corrected chi connectivity index (χ1v) is 11.7. The summed E-state index contributed by atoms with van der Waals surface area (Å²) in [4.78, 5) is 3.92. The van der Waals surface area contributed by atoms with Crippen LogP contribution in [0, 0.1) is 12.7 Å². The summed E-state index contributed by atoms with van der Waals surface area (Å²) in [7, 11) is -7.96. The van der Waals surface area contributed by atoms with Gasteiger partial charge >= 0.3 is 0 Å². The molecule has 152 valence electrons. The second kappa shape index (κ2) is 8.40. The number of benzene rings is 2. The van der Waals surface area contributed by atoms with E-state index in [1.807, 2.05) is 0 Å². The molecule has 0 spiro atoms. The van der Waals surface area contributed by atoms with E-state index in [0.717, 1.165) is 18.2 Å². The topological polar surface area (TPSA) is 93.2 Å². The highest BCUT2D eigenvalue weighted by Crippen LogP contribution is 2.28. The number of aromatic nitrogens is 1. The van der Waals surface area contributed by atoms with Gasteiger partial charge in [-0.15, -0.1) is 0 Å². The first kappa shape index (κ1) is 21.1. The SMILES string of the molecule is Cc1cc(F)ccc1S(=O)(=O)NCC(c1cccnc1)S(=O)(=O)c1ccccc1. The molecule has 3 aromatic rings. The van der Waals surface area contributed by atoms with Crippen LogP contribution in [-0.2, 0) is 19.9 Å². The van der Waals surface area contributed by atoms with Crippen LogP contribution in [-0.4, -0.2) is 28.4 Å². The van der Waals surface area contributed by atoms with Crippen molar-refractivity contribution in [2.75, 3.05) is 6.54 Å². The number of sulfone groups is 1. The predicted octanol–water partition coefficient (Wildman–Crippen LogP) is 3.02. The number of nitrogens with one attached hydrogen (secondary N) is 1. The Morgan fingerprint density at radius 1 is 1.00 bits per heavy atom. The monoisotopic (exact) mass is 434 g/mol. The molecule has 2 aromatic carbocycles. The average molecular weight is 435 g/mol. The molecule has 3 rings (SSSR count). The number of sulfonamides is 1. The highest BCUT2D eigenvalue weighted by atomic mass is 32.2. The fraction of sp³-hybridized carbons (Fsp3) is 0.150. The summed E-state index contributed by atoms with van der Waals surface area (Å²) >= 11 is 0. The van der Waals surface area contributed by atoms with Gasteiger partial charge in [0.15, 0.2) is 9.84 Å². The molecule has 1 N–H and O–H groups in total. The van der Waals surface area contributed by atoms with E-state index >= 15 is 0 Å². The highest BCUT2D eigenvalue weighted by Gasteiger charge is 2.31. The molecule has 1 atom stereocenters. The van der Waals surface area contributed by atoms with Crippen molar-refractivity contribution < 1.29 is 21.2 Å². The average Bonchev–Trinajstić information content (AvgIpc) is 2.69. The van der Waals surface area contributed by atoms with Gasteiger partial charge in [0.05, 0.1) is 9.79 Å². The zero-order valence-corrected chi connectivity index (χ0v) is 17.1. The maximum absolute atomic E-state index is 13.3. The number of rotatable bonds is 7. The second-order valence-electron chi connectivity index (χ2n) is 6.39. The molecule has 0 radical (unpaired) electrons. The molecule has 0 fully saturated rings. The van der Waals surface area contributed by atoms with Crippen molar-refractivity contribution in [1.82, 2.24) is 9.71 Å². The van der Waals surface area contributed by atoms with E-state index in [2.05, 4.69) is 9.71 Å². The molecule has 1 unspecified atom stereocenters. The fourth-order valence-corrected chi connectivity index (χ4v) is 5.97. The third-order valence-electron chi connectivity index (χ3n) is 4.39. The molecule has 29 heavy (non-hydrogen) atoms. The van der Waals surface area contributed by atoms with E-state index in [1.54, 1.807) is 30.3 Å². The van der Waals surface area contributed by atoms with Crippen LogP contribution in [0.2, 0.25) is 0 Å².